The number of carbonyl (C=O) groups is 1. The van der Waals surface area contributed by atoms with Crippen LogP contribution in [-0.2, 0) is 9.53 Å². The van der Waals surface area contributed by atoms with Gasteiger partial charge < -0.3 is 20.2 Å². The van der Waals surface area contributed by atoms with Crippen LogP contribution in [0.4, 0.5) is 0 Å². The van der Waals surface area contributed by atoms with Crippen LogP contribution in [0, 0.1) is 5.92 Å². The number of nitrogens with zero attached hydrogens (tertiary/aromatic N) is 2. The summed E-state index contributed by atoms with van der Waals surface area (Å²) in [4.78, 5) is 13.4. The van der Waals surface area contributed by atoms with Crippen LogP contribution >= 0.6 is 0 Å². The second kappa shape index (κ2) is 5.69. The van der Waals surface area contributed by atoms with E-state index in [9.17, 15) is 4.79 Å². The van der Waals surface area contributed by atoms with Crippen LogP contribution in [0.3, 0.4) is 0 Å². The van der Waals surface area contributed by atoms with Gasteiger partial charge in [0.15, 0.2) is 5.84 Å². The summed E-state index contributed by atoms with van der Waals surface area (Å²) in [5.74, 6) is -0.679. The van der Waals surface area contributed by atoms with Crippen LogP contribution < -0.4 is 5.32 Å². The van der Waals surface area contributed by atoms with Crippen LogP contribution in [0.2, 0.25) is 0 Å². The number of amides is 1. The van der Waals surface area contributed by atoms with Gasteiger partial charge in [-0.3, -0.25) is 4.79 Å². The quantitative estimate of drug-likeness (QED) is 0.312. The number of hydrogen-bond donors (Lipinski definition) is 2. The monoisotopic (exact) mass is 231 g/mol. The van der Waals surface area contributed by atoms with Gasteiger partial charge in [0.1, 0.15) is 5.92 Å². The predicted molar refractivity (Wildman–Crippen MR) is 61.6 cm³/mol. The summed E-state index contributed by atoms with van der Waals surface area (Å²) in [7, 11) is 6.46. The molecule has 0 aliphatic carbocycles. The molecule has 1 amide bonds. The fourth-order valence-corrected chi connectivity index (χ4v) is 1.41. The van der Waals surface area contributed by atoms with E-state index in [0.29, 0.717) is 0 Å². The molecule has 2 N–H and O–H groups in total. The highest BCUT2D eigenvalue weighted by Crippen LogP contribution is 2.23. The second-order valence-corrected chi connectivity index (χ2v) is 4.21. The zero-order valence-electron chi connectivity index (χ0n) is 10.7. The molecule has 94 valence electrons. The van der Waals surface area contributed by atoms with Crippen molar-refractivity contribution >= 4 is 11.7 Å². The van der Waals surface area contributed by atoms with Gasteiger partial charge in [0.25, 0.3) is 0 Å². The van der Waals surface area contributed by atoms with E-state index in [-0.39, 0.29) is 11.7 Å². The van der Waals surface area contributed by atoms with E-state index in [1.165, 1.54) is 14.2 Å². The zero-order chi connectivity index (χ0) is 12.9. The Morgan fingerprint density at radius 3 is 2.25 bits per heavy atom. The molecule has 0 aromatic heterocycles. The molecule has 0 aliphatic heterocycles. The first-order valence-corrected chi connectivity index (χ1v) is 4.97. The van der Waals surface area contributed by atoms with Gasteiger partial charge in [-0.1, -0.05) is 5.16 Å². The van der Waals surface area contributed by atoms with E-state index >= 15 is 0 Å². The molecule has 0 fully saturated rings. The average molecular weight is 231 g/mol. The number of oxime groups is 1. The van der Waals surface area contributed by atoms with E-state index in [2.05, 4.69) is 10.5 Å². The number of ether oxygens (including phenoxy) is 1. The topological polar surface area (TPSA) is 74.2 Å². The van der Waals surface area contributed by atoms with Crippen molar-refractivity contribution in [2.45, 2.75) is 19.4 Å². The molecule has 16 heavy (non-hydrogen) atoms. The van der Waals surface area contributed by atoms with Crippen LogP contribution in [-0.4, -0.2) is 55.7 Å². The van der Waals surface area contributed by atoms with Crippen molar-refractivity contribution in [3.8, 4) is 0 Å². The Labute approximate surface area is 96.3 Å². The molecule has 0 aliphatic rings. The first kappa shape index (κ1) is 14.7. The molecular weight excluding hydrogens is 210 g/mol. The first-order valence-electron chi connectivity index (χ1n) is 4.97. The number of carbonyl (C=O) groups excluding carboxylic acids is 1. The lowest BCUT2D eigenvalue weighted by Gasteiger charge is -2.34. The maximum atomic E-state index is 11.8. The number of nitrogens with one attached hydrogen (secondary N) is 1. The van der Waals surface area contributed by atoms with Crippen LogP contribution in [0.15, 0.2) is 5.16 Å². The van der Waals surface area contributed by atoms with Gasteiger partial charge in [-0.25, -0.2) is 0 Å². The summed E-state index contributed by atoms with van der Waals surface area (Å²) in [6, 6.07) is 0. The molecule has 0 aromatic rings. The number of hydrogen-bond acceptors (Lipinski definition) is 4. The SMILES string of the molecule is CNC(=O)C(/C(=N/O)N(C)C)C(C)(C)OC. The Kier molecular flexibility index (Phi) is 5.23. The minimum Gasteiger partial charge on any atom is -0.409 e. The minimum absolute atomic E-state index is 0.256. The molecule has 0 rings (SSSR count). The van der Waals surface area contributed by atoms with Crippen molar-refractivity contribution in [2.24, 2.45) is 11.1 Å². The summed E-state index contributed by atoms with van der Waals surface area (Å²) >= 11 is 0. The van der Waals surface area contributed by atoms with Crippen molar-refractivity contribution in [2.75, 3.05) is 28.3 Å². The molecule has 1 unspecified atom stereocenters. The number of rotatable bonds is 4. The fraction of sp³-hybridized carbons (Fsp3) is 0.800. The molecule has 0 radical (unpaired) electrons. The van der Waals surface area contributed by atoms with Crippen LogP contribution in [0.5, 0.6) is 0 Å². The Hall–Kier alpha value is -1.30. The van der Waals surface area contributed by atoms with Gasteiger partial charge in [-0.2, -0.15) is 0 Å². The standard InChI is InChI=1S/C10H21N3O3/c1-10(2,16-6)7(9(14)11-3)8(12-15)13(4)5/h7,15H,1-6H3,(H,11,14)/b12-8-. The largest absolute Gasteiger partial charge is 0.409 e. The molecule has 0 bridgehead atoms. The predicted octanol–water partition coefficient (Wildman–Crippen LogP) is 0.123. The van der Waals surface area contributed by atoms with Gasteiger partial charge in [0, 0.05) is 28.3 Å². The molecule has 0 saturated carbocycles. The van der Waals surface area contributed by atoms with E-state index in [4.69, 9.17) is 9.94 Å². The second-order valence-electron chi connectivity index (χ2n) is 4.21. The Bertz CT molecular complexity index is 274. The first-order chi connectivity index (χ1) is 7.31. The highest BCUT2D eigenvalue weighted by atomic mass is 16.5. The molecule has 6 heteroatoms. The molecule has 1 atom stereocenters. The summed E-state index contributed by atoms with van der Waals surface area (Å²) in [6.07, 6.45) is 0. The summed E-state index contributed by atoms with van der Waals surface area (Å²) < 4.78 is 5.28. The molecule has 0 saturated heterocycles. The Balaban J connectivity index is 5.33. The number of amidine groups is 1. The lowest BCUT2D eigenvalue weighted by molar-refractivity contribution is -0.130. The lowest BCUT2D eigenvalue weighted by atomic mass is 9.88. The van der Waals surface area contributed by atoms with Crippen molar-refractivity contribution in [3.63, 3.8) is 0 Å². The van der Waals surface area contributed by atoms with Gasteiger partial charge in [-0.05, 0) is 13.8 Å². The van der Waals surface area contributed by atoms with Gasteiger partial charge in [-0.15, -0.1) is 0 Å². The van der Waals surface area contributed by atoms with Crippen molar-refractivity contribution in [1.82, 2.24) is 10.2 Å². The summed E-state index contributed by atoms with van der Waals surface area (Å²) in [5, 5.41) is 14.7. The maximum Gasteiger partial charge on any atom is 0.233 e. The molecule has 6 nitrogen and oxygen atoms in total. The third-order valence-corrected chi connectivity index (χ3v) is 2.55. The number of methoxy groups -OCH3 is 1. The van der Waals surface area contributed by atoms with Crippen LogP contribution in [0.25, 0.3) is 0 Å². The van der Waals surface area contributed by atoms with Gasteiger partial charge in [0.05, 0.1) is 5.60 Å². The van der Waals surface area contributed by atoms with Gasteiger partial charge >= 0.3 is 0 Å². The smallest absolute Gasteiger partial charge is 0.233 e. The molecule has 0 heterocycles. The maximum absolute atomic E-state index is 11.8. The zero-order valence-corrected chi connectivity index (χ0v) is 10.7. The van der Waals surface area contributed by atoms with E-state index in [0.717, 1.165) is 0 Å². The fourth-order valence-electron chi connectivity index (χ4n) is 1.41. The third-order valence-electron chi connectivity index (χ3n) is 2.55. The minimum atomic E-state index is -0.758. The van der Waals surface area contributed by atoms with Crippen molar-refractivity contribution < 1.29 is 14.7 Å². The van der Waals surface area contributed by atoms with Crippen molar-refractivity contribution in [3.05, 3.63) is 0 Å². The normalized spacial score (nSPS) is 14.5. The van der Waals surface area contributed by atoms with E-state index < -0.39 is 11.5 Å². The van der Waals surface area contributed by atoms with E-state index in [1.54, 1.807) is 32.8 Å². The summed E-state index contributed by atoms with van der Waals surface area (Å²) in [6.45, 7) is 3.53. The van der Waals surface area contributed by atoms with Crippen LogP contribution in [0.1, 0.15) is 13.8 Å². The summed E-state index contributed by atoms with van der Waals surface area (Å²) in [5.41, 5.74) is -0.758. The average Bonchev–Trinajstić information content (AvgIpc) is 2.23. The third kappa shape index (κ3) is 3.10. The molecular formula is C10H21N3O3. The molecule has 0 aromatic carbocycles. The van der Waals surface area contributed by atoms with E-state index in [1.807, 2.05) is 0 Å². The molecule has 0 spiro atoms. The highest BCUT2D eigenvalue weighted by Gasteiger charge is 2.40. The van der Waals surface area contributed by atoms with Gasteiger partial charge in [0.2, 0.25) is 5.91 Å². The highest BCUT2D eigenvalue weighted by molar-refractivity contribution is 6.03. The van der Waals surface area contributed by atoms with Crippen molar-refractivity contribution in [1.29, 1.82) is 0 Å². The Morgan fingerprint density at radius 2 is 2.00 bits per heavy atom. The lowest BCUT2D eigenvalue weighted by Crippen LogP contribution is -2.51. The Morgan fingerprint density at radius 1 is 1.50 bits per heavy atom.